The Morgan fingerprint density at radius 1 is 0.969 bits per heavy atom. The smallest absolute Gasteiger partial charge is 0.379 e. The number of benzene rings is 4. The number of aliphatic imine (C=N–C) groups is 1. The van der Waals surface area contributed by atoms with Crippen molar-refractivity contribution in [1.82, 2.24) is 14.8 Å². The Morgan fingerprint density at radius 3 is 2.32 bits per heavy atom. The van der Waals surface area contributed by atoms with Gasteiger partial charge in [0.25, 0.3) is 5.91 Å². The lowest BCUT2D eigenvalue weighted by molar-refractivity contribution is -0.137. The second-order valence-corrected chi connectivity index (χ2v) is 19.9. The van der Waals surface area contributed by atoms with Crippen molar-refractivity contribution >= 4 is 54.3 Å². The monoisotopic (exact) mass is 934 g/mol. The average molecular weight is 935 g/mol. The maximum Gasteiger partial charge on any atom is 0.417 e. The number of aliphatic hydroxyl groups is 1. The standard InChI is InChI=1S/C44H42F4N8O7S2/c1-43(59,42(58)53-31-15-12-28(22-49)34(21-31)44(46,47)48)24-64(60,61)32-16-8-26(9-17-32)7-5-3-4-6-18-65(62,63)55-30-13-10-27(11-14-30)39-38(41-51-25-52-56(41)2)40-37-33(36(57)23-50-40)19-29(45)20-35(37)54-39/h8-17,19-21,25,38-39,54-55,59H,3-7,18,23-24H2,1-2H3,(H,53,58)/t38-,39-,43?/m1/s1. The van der Waals surface area contributed by atoms with Gasteiger partial charge in [-0.25, -0.2) is 26.2 Å². The van der Waals surface area contributed by atoms with Crippen LogP contribution >= 0.6 is 0 Å². The van der Waals surface area contributed by atoms with Crippen LogP contribution in [0.1, 0.15) is 88.6 Å². The number of sulfone groups is 1. The van der Waals surface area contributed by atoms with Gasteiger partial charge in [-0.05, 0) is 91.9 Å². The first-order valence-corrected chi connectivity index (χ1v) is 23.6. The number of ketones is 1. The number of nitrogens with zero attached hydrogens (tertiary/aromatic N) is 5. The van der Waals surface area contributed by atoms with Crippen LogP contribution in [0.3, 0.4) is 0 Å². The summed E-state index contributed by atoms with van der Waals surface area (Å²) in [4.78, 5) is 34.4. The summed E-state index contributed by atoms with van der Waals surface area (Å²) in [6.07, 6.45) is -0.597. The van der Waals surface area contributed by atoms with E-state index in [1.54, 1.807) is 48.1 Å². The molecule has 0 bridgehead atoms. The number of Topliss-reactive ketones (excluding diaryl/α,β-unsaturated/α-hetero) is 1. The topological polar surface area (TPSA) is 226 Å². The molecule has 0 fully saturated rings. The van der Waals surface area contributed by atoms with Crippen molar-refractivity contribution in [3.05, 3.63) is 130 Å². The van der Waals surface area contributed by atoms with Crippen LogP contribution in [0.15, 0.2) is 95.1 Å². The van der Waals surface area contributed by atoms with Crippen molar-refractivity contribution in [3.63, 3.8) is 0 Å². The van der Waals surface area contributed by atoms with E-state index < -0.39 is 72.2 Å². The molecule has 4 N–H and O–H groups in total. The van der Waals surface area contributed by atoms with Crippen LogP contribution in [0.25, 0.3) is 0 Å². The number of aryl methyl sites for hydroxylation is 2. The third kappa shape index (κ3) is 10.4. The van der Waals surface area contributed by atoms with Gasteiger partial charge in [0, 0.05) is 35.2 Å². The number of hydrogen-bond donors (Lipinski definition) is 4. The molecule has 340 valence electrons. The molecule has 0 aliphatic carbocycles. The number of nitrogens with one attached hydrogen (secondary N) is 3. The molecule has 1 aromatic heterocycles. The Hall–Kier alpha value is -6.50. The van der Waals surface area contributed by atoms with E-state index in [4.69, 9.17) is 5.26 Å². The number of halogens is 4. The van der Waals surface area contributed by atoms with Crippen LogP contribution in [-0.2, 0) is 44.3 Å². The summed E-state index contributed by atoms with van der Waals surface area (Å²) in [6, 6.07) is 18.4. The summed E-state index contributed by atoms with van der Waals surface area (Å²) in [6.45, 7) is 0.789. The third-order valence-corrected chi connectivity index (χ3v) is 14.4. The van der Waals surface area contributed by atoms with Gasteiger partial charge in [0.1, 0.15) is 24.5 Å². The highest BCUT2D eigenvalue weighted by atomic mass is 32.2. The second-order valence-electron chi connectivity index (χ2n) is 16.1. The number of alkyl halides is 3. The highest BCUT2D eigenvalue weighted by Gasteiger charge is 2.42. The Bertz CT molecular complexity index is 2950. The fourth-order valence-electron chi connectivity index (χ4n) is 7.90. The zero-order chi connectivity index (χ0) is 46.9. The first kappa shape index (κ1) is 46.5. The van der Waals surface area contributed by atoms with Crippen molar-refractivity contribution in [2.45, 2.75) is 67.7 Å². The van der Waals surface area contributed by atoms with E-state index >= 15 is 0 Å². The zero-order valence-electron chi connectivity index (χ0n) is 34.9. The number of sulfonamides is 1. The Morgan fingerprint density at radius 2 is 1.66 bits per heavy atom. The minimum Gasteiger partial charge on any atom is -0.379 e. The van der Waals surface area contributed by atoms with Gasteiger partial charge in [0.05, 0.1) is 51.3 Å². The minimum absolute atomic E-state index is 0.132. The van der Waals surface area contributed by atoms with E-state index in [0.29, 0.717) is 66.6 Å². The molecule has 5 aromatic rings. The molecule has 0 saturated carbocycles. The van der Waals surface area contributed by atoms with Crippen molar-refractivity contribution in [2.75, 3.05) is 33.4 Å². The van der Waals surface area contributed by atoms with Crippen molar-refractivity contribution in [1.29, 1.82) is 5.26 Å². The fraction of sp³-hybridized carbons (Fsp3) is 0.318. The van der Waals surface area contributed by atoms with Gasteiger partial charge in [-0.3, -0.25) is 24.0 Å². The largest absolute Gasteiger partial charge is 0.417 e. The van der Waals surface area contributed by atoms with Gasteiger partial charge < -0.3 is 15.7 Å². The predicted octanol–water partition coefficient (Wildman–Crippen LogP) is 6.49. The number of hydrogen-bond acceptors (Lipinski definition) is 12. The van der Waals surface area contributed by atoms with Crippen LogP contribution in [0.4, 0.5) is 34.6 Å². The lowest BCUT2D eigenvalue weighted by Crippen LogP contribution is -2.45. The molecule has 21 heteroatoms. The maximum absolute atomic E-state index is 14.7. The van der Waals surface area contributed by atoms with E-state index in [-0.39, 0.29) is 34.2 Å². The molecule has 2 aliphatic rings. The highest BCUT2D eigenvalue weighted by molar-refractivity contribution is 7.92. The van der Waals surface area contributed by atoms with Gasteiger partial charge in [-0.1, -0.05) is 37.1 Å². The summed E-state index contributed by atoms with van der Waals surface area (Å²) in [7, 11) is -6.23. The van der Waals surface area contributed by atoms with Crippen LogP contribution in [-0.4, -0.2) is 77.8 Å². The molecule has 1 amide bonds. The number of carbonyl (C=O) groups is 2. The maximum atomic E-state index is 14.7. The van der Waals surface area contributed by atoms with Gasteiger partial charge in [0.2, 0.25) is 10.0 Å². The Kier molecular flexibility index (Phi) is 13.0. The first-order valence-electron chi connectivity index (χ1n) is 20.2. The Labute approximate surface area is 371 Å². The SMILES string of the molecule is Cn1ncnc1[C@H]1C2=NCC(=O)c3cc(F)cc(c32)N[C@@H]1c1ccc(NS(=O)(=O)CCCCCCc2ccc(S(=O)(=O)CC(C)(O)C(=O)Nc3ccc(C#N)c(C(F)(F)F)c3)cc2)cc1. The summed E-state index contributed by atoms with van der Waals surface area (Å²) < 4.78 is 111. The van der Waals surface area contributed by atoms with Gasteiger partial charge in [-0.2, -0.15) is 23.5 Å². The summed E-state index contributed by atoms with van der Waals surface area (Å²) in [5.74, 6) is -3.25. The lowest BCUT2D eigenvalue weighted by atomic mass is 9.78. The number of rotatable bonds is 16. The van der Waals surface area contributed by atoms with E-state index in [9.17, 15) is 49.1 Å². The number of nitriles is 1. The quantitative estimate of drug-likeness (QED) is 0.0618. The summed E-state index contributed by atoms with van der Waals surface area (Å²) in [5.41, 5.74) is -1.26. The fourth-order valence-corrected chi connectivity index (χ4v) is 10.7. The second kappa shape index (κ2) is 18.2. The summed E-state index contributed by atoms with van der Waals surface area (Å²) >= 11 is 0. The minimum atomic E-state index is -4.90. The lowest BCUT2D eigenvalue weighted by Gasteiger charge is -2.37. The van der Waals surface area contributed by atoms with E-state index in [0.717, 1.165) is 30.2 Å². The van der Waals surface area contributed by atoms with Gasteiger partial charge >= 0.3 is 6.18 Å². The number of aromatic nitrogens is 3. The first-order chi connectivity index (χ1) is 30.7. The highest BCUT2D eigenvalue weighted by Crippen LogP contribution is 2.45. The van der Waals surface area contributed by atoms with E-state index in [2.05, 4.69) is 30.4 Å². The molecule has 4 aromatic carbocycles. The normalized spacial score (nSPS) is 17.0. The van der Waals surface area contributed by atoms with Crippen molar-refractivity contribution < 1.29 is 49.1 Å². The van der Waals surface area contributed by atoms with Crippen LogP contribution < -0.4 is 15.4 Å². The van der Waals surface area contributed by atoms with Crippen molar-refractivity contribution in [2.24, 2.45) is 12.0 Å². The molecule has 0 radical (unpaired) electrons. The number of amides is 1. The van der Waals surface area contributed by atoms with Crippen LogP contribution in [0.2, 0.25) is 0 Å². The van der Waals surface area contributed by atoms with Gasteiger partial charge in [-0.15, -0.1) is 0 Å². The molecule has 1 unspecified atom stereocenters. The molecule has 3 heterocycles. The van der Waals surface area contributed by atoms with Crippen molar-refractivity contribution in [3.8, 4) is 6.07 Å². The summed E-state index contributed by atoms with van der Waals surface area (Å²) in [5, 5.41) is 29.4. The molecule has 0 saturated heterocycles. The number of anilines is 3. The van der Waals surface area contributed by atoms with E-state index in [1.165, 1.54) is 36.7 Å². The molecular formula is C44H42F4N8O7S2. The molecule has 65 heavy (non-hydrogen) atoms. The van der Waals surface area contributed by atoms with E-state index in [1.807, 2.05) is 0 Å². The molecule has 15 nitrogen and oxygen atoms in total. The van der Waals surface area contributed by atoms with Crippen LogP contribution in [0, 0.1) is 17.1 Å². The number of unbranched alkanes of at least 4 members (excludes halogenated alkanes) is 3. The van der Waals surface area contributed by atoms with Crippen LogP contribution in [0.5, 0.6) is 0 Å². The predicted molar refractivity (Wildman–Crippen MR) is 232 cm³/mol. The average Bonchev–Trinajstić information content (AvgIpc) is 3.67. The molecule has 7 rings (SSSR count). The van der Waals surface area contributed by atoms with Gasteiger partial charge in [0.15, 0.2) is 21.2 Å². The molecule has 3 atom stereocenters. The zero-order valence-corrected chi connectivity index (χ0v) is 36.5. The third-order valence-electron chi connectivity index (χ3n) is 11.1. The number of carbonyl (C=O) groups excluding carboxylic acids is 2. The Balaban J connectivity index is 0.884. The molecule has 0 spiro atoms. The molecular weight excluding hydrogens is 893 g/mol. The molecule has 2 aliphatic heterocycles.